The fraction of sp³-hybridized carbons (Fsp3) is 0.562. The molecule has 114 valence electrons. The zero-order valence-corrected chi connectivity index (χ0v) is 13.1. The molecule has 2 heterocycles. The van der Waals surface area contributed by atoms with E-state index in [1.807, 2.05) is 26.8 Å². The van der Waals surface area contributed by atoms with Gasteiger partial charge in [0.15, 0.2) is 0 Å². The average molecular weight is 289 g/mol. The van der Waals surface area contributed by atoms with E-state index in [1.54, 1.807) is 24.2 Å². The molecule has 0 radical (unpaired) electrons. The lowest BCUT2D eigenvalue weighted by atomic mass is 9.94. The van der Waals surface area contributed by atoms with Gasteiger partial charge in [0.1, 0.15) is 12.1 Å². The van der Waals surface area contributed by atoms with Crippen LogP contribution in [0.15, 0.2) is 18.5 Å². The van der Waals surface area contributed by atoms with Crippen molar-refractivity contribution in [1.29, 1.82) is 0 Å². The molecule has 0 bridgehead atoms. The second-order valence-electron chi connectivity index (χ2n) is 5.82. The van der Waals surface area contributed by atoms with Crippen LogP contribution < -0.4 is 5.32 Å². The van der Waals surface area contributed by atoms with Gasteiger partial charge in [-0.2, -0.15) is 0 Å². The maximum Gasteiger partial charge on any atom is 0.246 e. The number of nitrogens with zero attached hydrogens (tertiary/aromatic N) is 2. The van der Waals surface area contributed by atoms with Gasteiger partial charge in [-0.25, -0.2) is 0 Å². The van der Waals surface area contributed by atoms with Crippen LogP contribution in [0.4, 0.5) is 0 Å². The van der Waals surface area contributed by atoms with Gasteiger partial charge in [0.25, 0.3) is 0 Å². The van der Waals surface area contributed by atoms with Crippen molar-refractivity contribution in [3.63, 3.8) is 0 Å². The summed E-state index contributed by atoms with van der Waals surface area (Å²) in [4.78, 5) is 30.6. The van der Waals surface area contributed by atoms with E-state index in [0.717, 1.165) is 17.5 Å². The van der Waals surface area contributed by atoms with Crippen molar-refractivity contribution in [3.05, 3.63) is 29.6 Å². The highest BCUT2D eigenvalue weighted by atomic mass is 16.2. The van der Waals surface area contributed by atoms with Crippen LogP contribution in [0.25, 0.3) is 0 Å². The summed E-state index contributed by atoms with van der Waals surface area (Å²) in [6, 6.07) is 1.05. The van der Waals surface area contributed by atoms with Gasteiger partial charge in [0.2, 0.25) is 11.8 Å². The molecule has 2 rings (SSSR count). The van der Waals surface area contributed by atoms with Gasteiger partial charge in [-0.1, -0.05) is 20.3 Å². The van der Waals surface area contributed by atoms with Crippen LogP contribution in [0.5, 0.6) is 0 Å². The third-order valence-corrected chi connectivity index (χ3v) is 4.40. The summed E-state index contributed by atoms with van der Waals surface area (Å²) in [5.41, 5.74) is 2.06. The van der Waals surface area contributed by atoms with Crippen LogP contribution in [-0.2, 0) is 16.1 Å². The van der Waals surface area contributed by atoms with Crippen LogP contribution >= 0.6 is 0 Å². The highest BCUT2D eigenvalue weighted by molar-refractivity contribution is 5.96. The molecule has 1 aromatic heterocycles. The number of piperazine rings is 1. The minimum Gasteiger partial charge on any atom is -0.342 e. The summed E-state index contributed by atoms with van der Waals surface area (Å²) in [7, 11) is 0. The molecule has 1 aliphatic heterocycles. The summed E-state index contributed by atoms with van der Waals surface area (Å²) in [6.45, 7) is 8.21. The lowest BCUT2D eigenvalue weighted by molar-refractivity contribution is -0.150. The van der Waals surface area contributed by atoms with Crippen molar-refractivity contribution in [2.24, 2.45) is 5.92 Å². The maximum atomic E-state index is 12.7. The molecule has 1 aliphatic rings. The first kappa shape index (κ1) is 15.5. The Morgan fingerprint density at radius 2 is 2.14 bits per heavy atom. The number of aryl methyl sites for hydroxylation is 1. The van der Waals surface area contributed by atoms with Gasteiger partial charge in [0.05, 0.1) is 0 Å². The Morgan fingerprint density at radius 1 is 1.43 bits per heavy atom. The summed E-state index contributed by atoms with van der Waals surface area (Å²) >= 11 is 0. The second-order valence-corrected chi connectivity index (χ2v) is 5.82. The number of carbonyl (C=O) groups is 2. The first-order chi connectivity index (χ1) is 9.95. The third kappa shape index (κ3) is 3.06. The molecule has 3 unspecified atom stereocenters. The predicted octanol–water partition coefficient (Wildman–Crippen LogP) is 1.65. The van der Waals surface area contributed by atoms with E-state index >= 15 is 0 Å². The Morgan fingerprint density at radius 3 is 2.76 bits per heavy atom. The van der Waals surface area contributed by atoms with E-state index < -0.39 is 12.1 Å². The van der Waals surface area contributed by atoms with Crippen molar-refractivity contribution < 1.29 is 9.59 Å². The number of hydrogen-bond donors (Lipinski definition) is 1. The molecule has 1 fully saturated rings. The van der Waals surface area contributed by atoms with Crippen molar-refractivity contribution in [1.82, 2.24) is 15.2 Å². The quantitative estimate of drug-likeness (QED) is 0.917. The first-order valence-corrected chi connectivity index (χ1v) is 7.46. The van der Waals surface area contributed by atoms with Crippen molar-refractivity contribution in [3.8, 4) is 0 Å². The lowest BCUT2D eigenvalue weighted by Gasteiger charge is -2.39. The number of nitrogens with one attached hydrogen (secondary N) is 1. The smallest absolute Gasteiger partial charge is 0.246 e. The molecule has 0 aliphatic carbocycles. The minimum absolute atomic E-state index is 0.000275. The van der Waals surface area contributed by atoms with E-state index in [-0.39, 0.29) is 17.7 Å². The third-order valence-electron chi connectivity index (χ3n) is 4.40. The number of rotatable bonds is 4. The van der Waals surface area contributed by atoms with E-state index in [9.17, 15) is 9.59 Å². The van der Waals surface area contributed by atoms with Gasteiger partial charge in [-0.15, -0.1) is 0 Å². The minimum atomic E-state index is -0.447. The van der Waals surface area contributed by atoms with Gasteiger partial charge in [-0.3, -0.25) is 14.6 Å². The molecule has 21 heavy (non-hydrogen) atoms. The van der Waals surface area contributed by atoms with Crippen LogP contribution in [-0.4, -0.2) is 33.8 Å². The number of hydrogen-bond acceptors (Lipinski definition) is 3. The molecule has 5 heteroatoms. The van der Waals surface area contributed by atoms with Crippen LogP contribution in [0, 0.1) is 12.8 Å². The molecule has 1 aromatic rings. The number of pyridine rings is 1. The molecule has 0 saturated carbocycles. The maximum absolute atomic E-state index is 12.7. The summed E-state index contributed by atoms with van der Waals surface area (Å²) < 4.78 is 0. The Balaban J connectivity index is 2.25. The largest absolute Gasteiger partial charge is 0.342 e. The average Bonchev–Trinajstić information content (AvgIpc) is 2.48. The molecular weight excluding hydrogens is 266 g/mol. The van der Waals surface area contributed by atoms with Gasteiger partial charge in [0, 0.05) is 18.9 Å². The zero-order valence-electron chi connectivity index (χ0n) is 13.1. The Kier molecular flexibility index (Phi) is 4.60. The van der Waals surface area contributed by atoms with Crippen molar-refractivity contribution in [2.45, 2.75) is 52.7 Å². The zero-order chi connectivity index (χ0) is 15.6. The monoisotopic (exact) mass is 289 g/mol. The number of amides is 2. The Labute approximate surface area is 125 Å². The molecule has 1 N–H and O–H groups in total. The molecule has 3 atom stereocenters. The molecule has 0 spiro atoms. The fourth-order valence-electron chi connectivity index (χ4n) is 2.53. The Hall–Kier alpha value is -1.91. The number of carbonyl (C=O) groups excluding carboxylic acids is 2. The molecule has 5 nitrogen and oxygen atoms in total. The fourth-order valence-corrected chi connectivity index (χ4v) is 2.53. The second kappa shape index (κ2) is 6.24. The van der Waals surface area contributed by atoms with Crippen LogP contribution in [0.1, 0.15) is 38.3 Å². The molecule has 2 amide bonds. The molecule has 1 saturated heterocycles. The van der Waals surface area contributed by atoms with Crippen LogP contribution in [0.3, 0.4) is 0 Å². The molecule has 0 aromatic carbocycles. The standard InChI is InChI=1S/C16H23N3O2/c1-5-10(2)14-16(21)19(12(4)15(20)18-14)9-13-8-17-7-6-11(13)3/h6-8,10,12,14H,5,9H2,1-4H3,(H,18,20). The summed E-state index contributed by atoms with van der Waals surface area (Å²) in [5.74, 6) is 0.0487. The normalized spacial score (nSPS) is 23.9. The predicted molar refractivity (Wildman–Crippen MR) is 80.4 cm³/mol. The number of aromatic nitrogens is 1. The van der Waals surface area contributed by atoms with Gasteiger partial charge in [-0.05, 0) is 37.0 Å². The van der Waals surface area contributed by atoms with Gasteiger partial charge < -0.3 is 10.2 Å². The summed E-state index contributed by atoms with van der Waals surface area (Å²) in [5, 5.41) is 2.85. The first-order valence-electron chi connectivity index (χ1n) is 7.46. The lowest BCUT2D eigenvalue weighted by Crippen LogP contribution is -2.63. The van der Waals surface area contributed by atoms with Crippen molar-refractivity contribution >= 4 is 11.8 Å². The van der Waals surface area contributed by atoms with E-state index in [2.05, 4.69) is 10.3 Å². The van der Waals surface area contributed by atoms with E-state index in [0.29, 0.717) is 6.54 Å². The molecular formula is C16H23N3O2. The SMILES string of the molecule is CCC(C)C1NC(=O)C(C)N(Cc2cnccc2C)C1=O. The van der Waals surface area contributed by atoms with E-state index in [4.69, 9.17) is 0 Å². The summed E-state index contributed by atoms with van der Waals surface area (Å²) in [6.07, 6.45) is 4.35. The topological polar surface area (TPSA) is 62.3 Å². The highest BCUT2D eigenvalue weighted by Gasteiger charge is 2.40. The Bertz CT molecular complexity index is 544. The highest BCUT2D eigenvalue weighted by Crippen LogP contribution is 2.20. The van der Waals surface area contributed by atoms with Crippen molar-refractivity contribution in [2.75, 3.05) is 0 Å². The van der Waals surface area contributed by atoms with Gasteiger partial charge >= 0.3 is 0 Å². The van der Waals surface area contributed by atoms with E-state index in [1.165, 1.54) is 0 Å². The van der Waals surface area contributed by atoms with Crippen LogP contribution in [0.2, 0.25) is 0 Å².